The topological polar surface area (TPSA) is 111 Å². The van der Waals surface area contributed by atoms with E-state index in [1.165, 1.54) is 0 Å². The molecule has 7 nitrogen and oxygen atoms in total. The lowest BCUT2D eigenvalue weighted by Crippen LogP contribution is -2.43. The van der Waals surface area contributed by atoms with Crippen LogP contribution in [0.1, 0.15) is 23.8 Å². The van der Waals surface area contributed by atoms with Gasteiger partial charge >= 0.3 is 0 Å². The minimum absolute atomic E-state index is 0.350. The summed E-state index contributed by atoms with van der Waals surface area (Å²) >= 11 is 3.30. The van der Waals surface area contributed by atoms with Crippen LogP contribution < -0.4 is 11.5 Å². The first-order chi connectivity index (χ1) is 9.35. The summed E-state index contributed by atoms with van der Waals surface area (Å²) in [7, 11) is 0. The molecule has 0 aliphatic carbocycles. The lowest BCUT2D eigenvalue weighted by molar-refractivity contribution is -0.121. The molecule has 0 unspecified atom stereocenters. The van der Waals surface area contributed by atoms with Gasteiger partial charge in [0, 0.05) is 17.2 Å². The van der Waals surface area contributed by atoms with Gasteiger partial charge in [-0.1, -0.05) is 6.92 Å². The van der Waals surface area contributed by atoms with E-state index in [0.717, 1.165) is 15.8 Å². The van der Waals surface area contributed by atoms with Gasteiger partial charge in [-0.25, -0.2) is 0 Å². The number of carbonyl (C=O) groups is 3. The summed E-state index contributed by atoms with van der Waals surface area (Å²) in [5, 5.41) is 0. The number of rotatable bonds is 7. The quantitative estimate of drug-likeness (QED) is 0.729. The highest BCUT2D eigenvalue weighted by Gasteiger charge is 2.22. The Hall–Kier alpha value is -1.83. The third kappa shape index (κ3) is 4.37. The van der Waals surface area contributed by atoms with Crippen LogP contribution in [0.3, 0.4) is 0 Å². The molecule has 8 heteroatoms. The summed E-state index contributed by atoms with van der Waals surface area (Å²) < 4.78 is 2.49. The molecule has 110 valence electrons. The van der Waals surface area contributed by atoms with Crippen molar-refractivity contribution in [2.75, 3.05) is 13.1 Å². The van der Waals surface area contributed by atoms with Crippen LogP contribution in [0.25, 0.3) is 0 Å². The number of aryl methyl sites for hydroxylation is 1. The fourth-order valence-corrected chi connectivity index (χ4v) is 2.28. The van der Waals surface area contributed by atoms with Crippen LogP contribution in [-0.4, -0.2) is 40.3 Å². The number of nitrogens with two attached hydrogens (primary N) is 2. The molecular formula is C12H17BrN4O3. The van der Waals surface area contributed by atoms with Gasteiger partial charge in [-0.05, 0) is 28.4 Å². The number of amides is 3. The van der Waals surface area contributed by atoms with E-state index in [-0.39, 0.29) is 13.1 Å². The zero-order chi connectivity index (χ0) is 15.3. The number of halogens is 1. The smallest absolute Gasteiger partial charge is 0.271 e. The van der Waals surface area contributed by atoms with Crippen molar-refractivity contribution in [3.8, 4) is 0 Å². The van der Waals surface area contributed by atoms with Crippen molar-refractivity contribution in [2.24, 2.45) is 11.5 Å². The molecule has 0 spiro atoms. The van der Waals surface area contributed by atoms with Crippen molar-refractivity contribution in [3.63, 3.8) is 0 Å². The van der Waals surface area contributed by atoms with E-state index < -0.39 is 17.7 Å². The molecule has 0 fully saturated rings. The van der Waals surface area contributed by atoms with Crippen LogP contribution >= 0.6 is 15.9 Å². The third-order valence-corrected chi connectivity index (χ3v) is 2.96. The molecule has 0 radical (unpaired) electrons. The standard InChI is InChI=1S/C12H17BrN4O3/c1-2-3-16-5-8(13)4-9(16)12(20)17(6-10(14)18)7-11(15)19/h4-5H,2-3,6-7H2,1H3,(H2,14,18)(H2,15,19). The summed E-state index contributed by atoms with van der Waals surface area (Å²) in [4.78, 5) is 35.4. The van der Waals surface area contributed by atoms with Crippen LogP contribution in [0.5, 0.6) is 0 Å². The molecule has 0 bridgehead atoms. The van der Waals surface area contributed by atoms with E-state index in [9.17, 15) is 14.4 Å². The summed E-state index contributed by atoms with van der Waals surface area (Å²) in [5.74, 6) is -1.86. The molecule has 0 atom stereocenters. The number of carbonyl (C=O) groups excluding carboxylic acids is 3. The molecule has 0 saturated heterocycles. The zero-order valence-corrected chi connectivity index (χ0v) is 12.7. The summed E-state index contributed by atoms with van der Waals surface area (Å²) in [5.41, 5.74) is 10.5. The minimum Gasteiger partial charge on any atom is -0.368 e. The van der Waals surface area contributed by atoms with E-state index in [1.54, 1.807) is 16.8 Å². The van der Waals surface area contributed by atoms with Crippen molar-refractivity contribution in [1.29, 1.82) is 0 Å². The second-order valence-corrected chi connectivity index (χ2v) is 5.25. The molecule has 1 rings (SSSR count). The molecule has 0 aliphatic rings. The van der Waals surface area contributed by atoms with Crippen LogP contribution in [0.2, 0.25) is 0 Å². The van der Waals surface area contributed by atoms with Crippen molar-refractivity contribution < 1.29 is 14.4 Å². The third-order valence-electron chi connectivity index (χ3n) is 2.53. The predicted molar refractivity (Wildman–Crippen MR) is 76.7 cm³/mol. The number of primary amides is 2. The highest BCUT2D eigenvalue weighted by atomic mass is 79.9. The lowest BCUT2D eigenvalue weighted by atomic mass is 10.3. The molecular weight excluding hydrogens is 328 g/mol. The lowest BCUT2D eigenvalue weighted by Gasteiger charge is -2.20. The van der Waals surface area contributed by atoms with Crippen molar-refractivity contribution in [1.82, 2.24) is 9.47 Å². The average Bonchev–Trinajstić information content (AvgIpc) is 2.68. The first kappa shape index (κ1) is 16.2. The summed E-state index contributed by atoms with van der Waals surface area (Å²) in [6.07, 6.45) is 2.61. The van der Waals surface area contributed by atoms with Gasteiger partial charge in [0.25, 0.3) is 5.91 Å². The minimum atomic E-state index is -0.702. The van der Waals surface area contributed by atoms with Gasteiger partial charge in [-0.3, -0.25) is 14.4 Å². The van der Waals surface area contributed by atoms with Crippen LogP contribution in [0.15, 0.2) is 16.7 Å². The SMILES string of the molecule is CCCn1cc(Br)cc1C(=O)N(CC(N)=O)CC(N)=O. The van der Waals surface area contributed by atoms with E-state index in [0.29, 0.717) is 12.2 Å². The van der Waals surface area contributed by atoms with Gasteiger partial charge in [0.15, 0.2) is 0 Å². The van der Waals surface area contributed by atoms with Crippen molar-refractivity contribution in [3.05, 3.63) is 22.4 Å². The highest BCUT2D eigenvalue weighted by Crippen LogP contribution is 2.17. The molecule has 20 heavy (non-hydrogen) atoms. The maximum absolute atomic E-state index is 12.4. The van der Waals surface area contributed by atoms with Gasteiger partial charge < -0.3 is 20.9 Å². The Morgan fingerprint density at radius 3 is 2.25 bits per heavy atom. The van der Waals surface area contributed by atoms with Crippen LogP contribution in [0, 0.1) is 0 Å². The second kappa shape index (κ2) is 7.09. The Kier molecular flexibility index (Phi) is 5.75. The second-order valence-electron chi connectivity index (χ2n) is 4.33. The Labute approximate surface area is 125 Å². The van der Waals surface area contributed by atoms with Gasteiger partial charge in [0.1, 0.15) is 18.8 Å². The Morgan fingerprint density at radius 2 is 1.80 bits per heavy atom. The largest absolute Gasteiger partial charge is 0.368 e. The number of hydrogen-bond donors (Lipinski definition) is 2. The summed E-state index contributed by atoms with van der Waals surface area (Å²) in [6.45, 7) is 1.92. The Bertz CT molecular complexity index is 511. The van der Waals surface area contributed by atoms with Gasteiger partial charge in [-0.2, -0.15) is 0 Å². The van der Waals surface area contributed by atoms with Gasteiger partial charge in [-0.15, -0.1) is 0 Å². The Balaban J connectivity index is 3.04. The fourth-order valence-electron chi connectivity index (χ4n) is 1.82. The van der Waals surface area contributed by atoms with E-state index in [4.69, 9.17) is 11.5 Å². The van der Waals surface area contributed by atoms with Gasteiger partial charge in [0.05, 0.1) is 0 Å². The fraction of sp³-hybridized carbons (Fsp3) is 0.417. The van der Waals surface area contributed by atoms with Gasteiger partial charge in [0.2, 0.25) is 11.8 Å². The molecule has 4 N–H and O–H groups in total. The Morgan fingerprint density at radius 1 is 1.25 bits per heavy atom. The molecule has 3 amide bonds. The molecule has 1 aromatic rings. The van der Waals surface area contributed by atoms with Crippen LogP contribution in [0.4, 0.5) is 0 Å². The van der Waals surface area contributed by atoms with Crippen LogP contribution in [-0.2, 0) is 16.1 Å². The van der Waals surface area contributed by atoms with Crippen molar-refractivity contribution >= 4 is 33.7 Å². The molecule has 1 aromatic heterocycles. The molecule has 1 heterocycles. The van der Waals surface area contributed by atoms with E-state index >= 15 is 0 Å². The number of hydrogen-bond acceptors (Lipinski definition) is 3. The normalized spacial score (nSPS) is 10.3. The van der Waals surface area contributed by atoms with E-state index in [2.05, 4.69) is 15.9 Å². The number of nitrogens with zero attached hydrogens (tertiary/aromatic N) is 2. The maximum Gasteiger partial charge on any atom is 0.271 e. The number of aromatic nitrogens is 1. The zero-order valence-electron chi connectivity index (χ0n) is 11.1. The maximum atomic E-state index is 12.4. The summed E-state index contributed by atoms with van der Waals surface area (Å²) in [6, 6.07) is 1.63. The monoisotopic (exact) mass is 344 g/mol. The first-order valence-corrected chi connectivity index (χ1v) is 6.86. The molecule has 0 aliphatic heterocycles. The predicted octanol–water partition coefficient (Wildman–Crippen LogP) is 0.0734. The first-order valence-electron chi connectivity index (χ1n) is 6.06. The highest BCUT2D eigenvalue weighted by molar-refractivity contribution is 9.10. The van der Waals surface area contributed by atoms with E-state index in [1.807, 2.05) is 6.92 Å². The molecule has 0 aromatic carbocycles. The average molecular weight is 345 g/mol. The molecule has 0 saturated carbocycles. The van der Waals surface area contributed by atoms with Crippen molar-refractivity contribution in [2.45, 2.75) is 19.9 Å².